The minimum atomic E-state index is -0.251. The first-order valence-electron chi connectivity index (χ1n) is 5.78. The molecule has 0 bridgehead atoms. The largest absolute Gasteiger partial charge is 0.321 e. The fraction of sp³-hybridized carbons (Fsp3) is 0.0667. The molecule has 0 radical (unpaired) electrons. The van der Waals surface area contributed by atoms with Crippen molar-refractivity contribution >= 4 is 43.5 Å². The van der Waals surface area contributed by atoms with Gasteiger partial charge in [-0.25, -0.2) is 0 Å². The third-order valence-corrected chi connectivity index (χ3v) is 3.90. The number of anilines is 1. The lowest BCUT2D eigenvalue weighted by Gasteiger charge is -2.09. The Morgan fingerprint density at radius 3 is 2.65 bits per heavy atom. The smallest absolute Gasteiger partial charge is 0.256 e. The third kappa shape index (κ3) is 3.27. The standard InChI is InChI=1S/C15H10Br2N2O/c1-9-2-4-13(17)12(6-9)15(20)19-14-5-3-11(16)7-10(14)8-18/h2-7H,1H3,(H,19,20). The molecule has 2 aromatic carbocycles. The molecule has 0 aromatic heterocycles. The van der Waals surface area contributed by atoms with Crippen molar-refractivity contribution in [3.8, 4) is 6.07 Å². The maximum absolute atomic E-state index is 12.3. The summed E-state index contributed by atoms with van der Waals surface area (Å²) in [5, 5.41) is 11.9. The fourth-order valence-corrected chi connectivity index (χ4v) is 2.51. The number of aryl methyl sites for hydroxylation is 1. The average molecular weight is 394 g/mol. The number of hydrogen-bond donors (Lipinski definition) is 1. The van der Waals surface area contributed by atoms with Crippen LogP contribution in [0.5, 0.6) is 0 Å². The van der Waals surface area contributed by atoms with E-state index in [4.69, 9.17) is 5.26 Å². The monoisotopic (exact) mass is 392 g/mol. The highest BCUT2D eigenvalue weighted by Crippen LogP contribution is 2.23. The molecule has 0 heterocycles. The number of rotatable bonds is 2. The Morgan fingerprint density at radius 1 is 1.20 bits per heavy atom. The Labute approximate surface area is 133 Å². The Morgan fingerprint density at radius 2 is 1.95 bits per heavy atom. The number of hydrogen-bond acceptors (Lipinski definition) is 2. The normalized spacial score (nSPS) is 9.90. The molecule has 0 aliphatic rings. The molecule has 0 unspecified atom stereocenters. The van der Waals surface area contributed by atoms with Crippen LogP contribution in [0.2, 0.25) is 0 Å². The maximum Gasteiger partial charge on any atom is 0.256 e. The second kappa shape index (κ2) is 6.21. The van der Waals surface area contributed by atoms with Gasteiger partial charge in [0, 0.05) is 8.95 Å². The maximum atomic E-state index is 12.3. The van der Waals surface area contributed by atoms with Crippen molar-refractivity contribution in [1.29, 1.82) is 5.26 Å². The number of amides is 1. The van der Waals surface area contributed by atoms with Gasteiger partial charge in [0.05, 0.1) is 16.8 Å². The minimum absolute atomic E-state index is 0.251. The first kappa shape index (κ1) is 14.8. The molecule has 5 heteroatoms. The van der Waals surface area contributed by atoms with E-state index >= 15 is 0 Å². The van der Waals surface area contributed by atoms with Gasteiger partial charge >= 0.3 is 0 Å². The van der Waals surface area contributed by atoms with Crippen LogP contribution in [0, 0.1) is 18.3 Å². The molecule has 2 aromatic rings. The fourth-order valence-electron chi connectivity index (χ4n) is 1.72. The molecule has 0 atom stereocenters. The van der Waals surface area contributed by atoms with E-state index in [1.165, 1.54) is 0 Å². The number of carbonyl (C=O) groups is 1. The molecule has 1 N–H and O–H groups in total. The zero-order chi connectivity index (χ0) is 14.7. The Kier molecular flexibility index (Phi) is 4.58. The molecule has 100 valence electrons. The molecule has 0 fully saturated rings. The van der Waals surface area contributed by atoms with E-state index in [1.54, 1.807) is 24.3 Å². The summed E-state index contributed by atoms with van der Waals surface area (Å²) in [6, 6.07) is 12.8. The molecule has 0 spiro atoms. The number of carbonyl (C=O) groups excluding carboxylic acids is 1. The van der Waals surface area contributed by atoms with Gasteiger partial charge in [0.1, 0.15) is 6.07 Å². The first-order valence-corrected chi connectivity index (χ1v) is 7.37. The molecule has 0 aliphatic carbocycles. The van der Waals surface area contributed by atoms with Gasteiger partial charge in [-0.05, 0) is 53.2 Å². The second-order valence-corrected chi connectivity index (χ2v) is 6.01. The lowest BCUT2D eigenvalue weighted by Crippen LogP contribution is -2.13. The van der Waals surface area contributed by atoms with Gasteiger partial charge in [-0.1, -0.05) is 27.6 Å². The summed E-state index contributed by atoms with van der Waals surface area (Å²) in [6.07, 6.45) is 0. The highest BCUT2D eigenvalue weighted by molar-refractivity contribution is 9.10. The van der Waals surface area contributed by atoms with Gasteiger partial charge in [0.25, 0.3) is 5.91 Å². The number of halogens is 2. The second-order valence-electron chi connectivity index (χ2n) is 4.24. The Bertz CT molecular complexity index is 720. The van der Waals surface area contributed by atoms with E-state index < -0.39 is 0 Å². The summed E-state index contributed by atoms with van der Waals surface area (Å²) >= 11 is 6.66. The number of nitriles is 1. The summed E-state index contributed by atoms with van der Waals surface area (Å²) in [5.41, 5.74) is 2.44. The van der Waals surface area contributed by atoms with Gasteiger partial charge in [0.2, 0.25) is 0 Å². The molecule has 0 saturated carbocycles. The lowest BCUT2D eigenvalue weighted by atomic mass is 10.1. The molecule has 1 amide bonds. The Balaban J connectivity index is 2.33. The SMILES string of the molecule is Cc1ccc(Br)c(C(=O)Nc2ccc(Br)cc2C#N)c1. The van der Waals surface area contributed by atoms with Crippen molar-refractivity contribution in [2.75, 3.05) is 5.32 Å². The number of nitrogens with zero attached hydrogens (tertiary/aromatic N) is 1. The lowest BCUT2D eigenvalue weighted by molar-refractivity contribution is 0.102. The van der Waals surface area contributed by atoms with Crippen LogP contribution in [0.25, 0.3) is 0 Å². The van der Waals surface area contributed by atoms with Gasteiger partial charge in [0.15, 0.2) is 0 Å². The third-order valence-electron chi connectivity index (χ3n) is 2.72. The zero-order valence-corrected chi connectivity index (χ0v) is 13.7. The van der Waals surface area contributed by atoms with E-state index in [9.17, 15) is 4.79 Å². The quantitative estimate of drug-likeness (QED) is 0.807. The van der Waals surface area contributed by atoms with Gasteiger partial charge < -0.3 is 5.32 Å². The number of nitrogens with one attached hydrogen (secondary N) is 1. The first-order chi connectivity index (χ1) is 9.51. The van der Waals surface area contributed by atoms with E-state index in [0.717, 1.165) is 14.5 Å². The van der Waals surface area contributed by atoms with Crippen molar-refractivity contribution in [3.05, 3.63) is 62.0 Å². The zero-order valence-electron chi connectivity index (χ0n) is 10.6. The van der Waals surface area contributed by atoms with Crippen molar-refractivity contribution in [2.45, 2.75) is 6.92 Å². The van der Waals surface area contributed by atoms with Crippen LogP contribution in [0.4, 0.5) is 5.69 Å². The van der Waals surface area contributed by atoms with E-state index in [1.807, 2.05) is 19.1 Å². The van der Waals surface area contributed by atoms with Gasteiger partial charge in [-0.3, -0.25) is 4.79 Å². The van der Waals surface area contributed by atoms with Crippen molar-refractivity contribution in [3.63, 3.8) is 0 Å². The molecular weight excluding hydrogens is 384 g/mol. The molecular formula is C15H10Br2N2O. The molecule has 3 nitrogen and oxygen atoms in total. The Hall–Kier alpha value is -1.64. The predicted molar refractivity (Wildman–Crippen MR) is 85.7 cm³/mol. The highest BCUT2D eigenvalue weighted by atomic mass is 79.9. The summed E-state index contributed by atoms with van der Waals surface area (Å²) in [7, 11) is 0. The molecule has 0 aliphatic heterocycles. The van der Waals surface area contributed by atoms with Gasteiger partial charge in [-0.2, -0.15) is 5.26 Å². The van der Waals surface area contributed by atoms with E-state index in [0.29, 0.717) is 16.8 Å². The van der Waals surface area contributed by atoms with Gasteiger partial charge in [-0.15, -0.1) is 0 Å². The van der Waals surface area contributed by atoms with Crippen LogP contribution in [-0.4, -0.2) is 5.91 Å². The van der Waals surface area contributed by atoms with E-state index in [2.05, 4.69) is 43.2 Å². The van der Waals surface area contributed by atoms with Crippen LogP contribution < -0.4 is 5.32 Å². The van der Waals surface area contributed by atoms with Crippen LogP contribution in [-0.2, 0) is 0 Å². The molecule has 2 rings (SSSR count). The predicted octanol–water partition coefficient (Wildman–Crippen LogP) is 4.64. The van der Waals surface area contributed by atoms with Crippen molar-refractivity contribution in [2.24, 2.45) is 0 Å². The van der Waals surface area contributed by atoms with Crippen LogP contribution in [0.1, 0.15) is 21.5 Å². The summed E-state index contributed by atoms with van der Waals surface area (Å²) in [6.45, 7) is 1.92. The summed E-state index contributed by atoms with van der Waals surface area (Å²) in [5.74, 6) is -0.251. The van der Waals surface area contributed by atoms with Crippen molar-refractivity contribution in [1.82, 2.24) is 0 Å². The summed E-state index contributed by atoms with van der Waals surface area (Å²) < 4.78 is 1.51. The van der Waals surface area contributed by atoms with Crippen molar-refractivity contribution < 1.29 is 4.79 Å². The summed E-state index contributed by atoms with van der Waals surface area (Å²) in [4.78, 5) is 12.3. The average Bonchev–Trinajstić information content (AvgIpc) is 2.43. The van der Waals surface area contributed by atoms with E-state index in [-0.39, 0.29) is 5.91 Å². The highest BCUT2D eigenvalue weighted by Gasteiger charge is 2.12. The van der Waals surface area contributed by atoms with Crippen LogP contribution >= 0.6 is 31.9 Å². The number of benzene rings is 2. The topological polar surface area (TPSA) is 52.9 Å². The van der Waals surface area contributed by atoms with Crippen LogP contribution in [0.15, 0.2) is 45.3 Å². The molecule has 20 heavy (non-hydrogen) atoms. The minimum Gasteiger partial charge on any atom is -0.321 e. The molecule has 0 saturated heterocycles. The van der Waals surface area contributed by atoms with Crippen LogP contribution in [0.3, 0.4) is 0 Å².